The van der Waals surface area contributed by atoms with Crippen LogP contribution in [0.1, 0.15) is 23.8 Å². The van der Waals surface area contributed by atoms with E-state index in [-0.39, 0.29) is 6.04 Å². The van der Waals surface area contributed by atoms with Gasteiger partial charge in [0.05, 0.1) is 23.2 Å². The molecule has 0 unspecified atom stereocenters. The molecule has 0 aliphatic carbocycles. The van der Waals surface area contributed by atoms with Crippen molar-refractivity contribution in [3.63, 3.8) is 0 Å². The van der Waals surface area contributed by atoms with E-state index < -0.39 is 0 Å². The Labute approximate surface area is 196 Å². The van der Waals surface area contributed by atoms with Gasteiger partial charge in [0.2, 0.25) is 5.95 Å². The van der Waals surface area contributed by atoms with E-state index in [0.717, 1.165) is 39.2 Å². The number of rotatable bonds is 4. The number of hydrogen-bond donors (Lipinski definition) is 0. The molecule has 6 heteroatoms. The van der Waals surface area contributed by atoms with Gasteiger partial charge in [-0.2, -0.15) is 5.10 Å². The van der Waals surface area contributed by atoms with Gasteiger partial charge in [-0.05, 0) is 35.9 Å². The Kier molecular flexibility index (Phi) is 4.89. The minimum atomic E-state index is -0.136. The third kappa shape index (κ3) is 3.66. The van der Waals surface area contributed by atoms with E-state index in [0.29, 0.717) is 17.4 Å². The molecule has 5 aromatic rings. The third-order valence-corrected chi connectivity index (χ3v) is 6.02. The lowest BCUT2D eigenvalue weighted by Crippen LogP contribution is -2.20. The van der Waals surface area contributed by atoms with Crippen molar-refractivity contribution in [1.29, 1.82) is 0 Å². The van der Waals surface area contributed by atoms with E-state index in [1.165, 1.54) is 0 Å². The molecule has 0 fully saturated rings. The minimum Gasteiger partial charge on any atom is -0.467 e. The summed E-state index contributed by atoms with van der Waals surface area (Å²) in [6, 6.07) is 29.7. The molecule has 5 nitrogen and oxygen atoms in total. The van der Waals surface area contributed by atoms with Gasteiger partial charge < -0.3 is 4.42 Å². The highest BCUT2D eigenvalue weighted by Crippen LogP contribution is 2.38. The molecule has 0 saturated heterocycles. The van der Waals surface area contributed by atoms with Crippen molar-refractivity contribution in [2.45, 2.75) is 12.5 Å². The second-order valence-corrected chi connectivity index (χ2v) is 8.33. The van der Waals surface area contributed by atoms with Crippen molar-refractivity contribution < 1.29 is 4.42 Å². The van der Waals surface area contributed by atoms with E-state index in [1.807, 2.05) is 83.9 Å². The van der Waals surface area contributed by atoms with Gasteiger partial charge in [-0.15, -0.1) is 0 Å². The quantitative estimate of drug-likeness (QED) is 0.299. The predicted molar refractivity (Wildman–Crippen MR) is 132 cm³/mol. The lowest BCUT2D eigenvalue weighted by Gasteiger charge is -2.21. The summed E-state index contributed by atoms with van der Waals surface area (Å²) in [4.78, 5) is 9.87. The topological polar surface area (TPSA) is 54.5 Å². The van der Waals surface area contributed by atoms with E-state index >= 15 is 0 Å². The lowest BCUT2D eigenvalue weighted by atomic mass is 10.0. The minimum absolute atomic E-state index is 0.136. The first-order valence-corrected chi connectivity index (χ1v) is 11.1. The highest BCUT2D eigenvalue weighted by molar-refractivity contribution is 6.31. The van der Waals surface area contributed by atoms with Crippen LogP contribution in [0, 0.1) is 0 Å². The van der Waals surface area contributed by atoms with Gasteiger partial charge in [-0.3, -0.25) is 0 Å². The molecule has 6 rings (SSSR count). The summed E-state index contributed by atoms with van der Waals surface area (Å²) in [7, 11) is 0. The molecule has 0 saturated carbocycles. The summed E-state index contributed by atoms with van der Waals surface area (Å²) in [5.41, 5.74) is 4.67. The Balaban J connectivity index is 1.54. The van der Waals surface area contributed by atoms with Crippen LogP contribution >= 0.6 is 11.6 Å². The van der Waals surface area contributed by atoms with Crippen LogP contribution in [0.25, 0.3) is 22.2 Å². The fourth-order valence-electron chi connectivity index (χ4n) is 4.21. The van der Waals surface area contributed by atoms with Gasteiger partial charge in [0.25, 0.3) is 0 Å². The molecule has 1 atom stereocenters. The smallest absolute Gasteiger partial charge is 0.248 e. The first-order valence-electron chi connectivity index (χ1n) is 10.7. The van der Waals surface area contributed by atoms with Crippen LogP contribution < -0.4 is 5.01 Å². The molecule has 3 heterocycles. The van der Waals surface area contributed by atoms with E-state index in [2.05, 4.69) is 12.1 Å². The number of hydrogen-bond acceptors (Lipinski definition) is 5. The lowest BCUT2D eigenvalue weighted by molar-refractivity contribution is 0.463. The number of aromatic nitrogens is 2. The SMILES string of the molecule is Clc1ccc2nc(N3N=C(c4ccccc4)C[C@H]3c3ccco3)nc(-c3ccccc3)c2c1. The molecule has 2 aromatic heterocycles. The number of hydrazone groups is 1. The summed E-state index contributed by atoms with van der Waals surface area (Å²) in [6.07, 6.45) is 2.38. The Hall–Kier alpha value is -3.96. The van der Waals surface area contributed by atoms with Crippen LogP contribution in [0.3, 0.4) is 0 Å². The molecule has 0 radical (unpaired) electrons. The monoisotopic (exact) mass is 450 g/mol. The normalized spacial score (nSPS) is 15.7. The standard InChI is InChI=1S/C27H19ClN4O/c28-20-13-14-22-21(16-20)26(19-10-5-2-6-11-19)30-27(29-22)32-24(25-12-7-15-33-25)17-23(31-32)18-8-3-1-4-9-18/h1-16,24H,17H2/t24-/m0/s1. The highest BCUT2D eigenvalue weighted by atomic mass is 35.5. The number of anilines is 1. The predicted octanol–water partition coefficient (Wildman–Crippen LogP) is 6.90. The summed E-state index contributed by atoms with van der Waals surface area (Å²) >= 11 is 6.32. The zero-order valence-corrected chi connectivity index (χ0v) is 18.4. The van der Waals surface area contributed by atoms with Crippen LogP contribution in [0.2, 0.25) is 5.02 Å². The van der Waals surface area contributed by atoms with Crippen LogP contribution in [0.15, 0.2) is 107 Å². The first-order chi connectivity index (χ1) is 16.3. The van der Waals surface area contributed by atoms with Gasteiger partial charge in [-0.25, -0.2) is 15.0 Å². The van der Waals surface area contributed by atoms with E-state index in [9.17, 15) is 0 Å². The van der Waals surface area contributed by atoms with Crippen molar-refractivity contribution in [3.8, 4) is 11.3 Å². The molecule has 0 bridgehead atoms. The molecule has 160 valence electrons. The van der Waals surface area contributed by atoms with Crippen molar-refractivity contribution in [1.82, 2.24) is 9.97 Å². The maximum atomic E-state index is 6.32. The number of nitrogens with zero attached hydrogens (tertiary/aromatic N) is 4. The average Bonchev–Trinajstić information content (AvgIpc) is 3.55. The largest absolute Gasteiger partial charge is 0.467 e. The molecule has 1 aliphatic rings. The van der Waals surface area contributed by atoms with Crippen molar-refractivity contribution in [2.24, 2.45) is 5.10 Å². The molecular formula is C27H19ClN4O. The van der Waals surface area contributed by atoms with Gasteiger partial charge in [0.1, 0.15) is 11.8 Å². The molecule has 1 aliphatic heterocycles. The van der Waals surface area contributed by atoms with E-state index in [1.54, 1.807) is 6.26 Å². The number of halogens is 1. The molecular weight excluding hydrogens is 432 g/mol. The van der Waals surface area contributed by atoms with Gasteiger partial charge in [-0.1, -0.05) is 72.3 Å². The van der Waals surface area contributed by atoms with Crippen molar-refractivity contribution in [3.05, 3.63) is 114 Å². The third-order valence-electron chi connectivity index (χ3n) is 5.79. The summed E-state index contributed by atoms with van der Waals surface area (Å²) in [6.45, 7) is 0. The Bertz CT molecular complexity index is 1450. The van der Waals surface area contributed by atoms with Crippen LogP contribution in [0.4, 0.5) is 5.95 Å². The van der Waals surface area contributed by atoms with Crippen LogP contribution in [0.5, 0.6) is 0 Å². The summed E-state index contributed by atoms with van der Waals surface area (Å²) in [5.74, 6) is 1.35. The highest BCUT2D eigenvalue weighted by Gasteiger charge is 2.34. The Morgan fingerprint density at radius 3 is 2.30 bits per heavy atom. The zero-order valence-electron chi connectivity index (χ0n) is 17.6. The van der Waals surface area contributed by atoms with Crippen molar-refractivity contribution >= 4 is 34.2 Å². The maximum absolute atomic E-state index is 6.32. The first kappa shape index (κ1) is 19.7. The second-order valence-electron chi connectivity index (χ2n) is 7.89. The number of benzene rings is 3. The summed E-state index contributed by atoms with van der Waals surface area (Å²) in [5, 5.41) is 8.39. The van der Waals surface area contributed by atoms with E-state index in [4.69, 9.17) is 31.1 Å². The van der Waals surface area contributed by atoms with Gasteiger partial charge in [0, 0.05) is 22.4 Å². The molecule has 3 aromatic carbocycles. The number of fused-ring (bicyclic) bond motifs is 1. The fourth-order valence-corrected chi connectivity index (χ4v) is 4.38. The average molecular weight is 451 g/mol. The zero-order chi connectivity index (χ0) is 22.2. The molecule has 0 N–H and O–H groups in total. The van der Waals surface area contributed by atoms with Gasteiger partial charge >= 0.3 is 0 Å². The fraction of sp³-hybridized carbons (Fsp3) is 0.0741. The Morgan fingerprint density at radius 1 is 0.818 bits per heavy atom. The molecule has 0 amide bonds. The summed E-state index contributed by atoms with van der Waals surface area (Å²) < 4.78 is 5.78. The molecule has 33 heavy (non-hydrogen) atoms. The van der Waals surface area contributed by atoms with Crippen LogP contribution in [-0.4, -0.2) is 15.7 Å². The second kappa shape index (κ2) is 8.19. The maximum Gasteiger partial charge on any atom is 0.248 e. The molecule has 0 spiro atoms. The van der Waals surface area contributed by atoms with Crippen molar-refractivity contribution in [2.75, 3.05) is 5.01 Å². The Morgan fingerprint density at radius 2 is 1.58 bits per heavy atom. The van der Waals surface area contributed by atoms with Gasteiger partial charge in [0.15, 0.2) is 0 Å². The number of furan rings is 1. The van der Waals surface area contributed by atoms with Crippen LogP contribution in [-0.2, 0) is 0 Å².